The van der Waals surface area contributed by atoms with E-state index in [4.69, 9.17) is 16.3 Å². The smallest absolute Gasteiger partial charge is 0.203 e. The number of hydrogen-bond acceptors (Lipinski definition) is 5. The normalized spacial score (nSPS) is 29.6. The van der Waals surface area contributed by atoms with Gasteiger partial charge in [-0.25, -0.2) is 0 Å². The highest BCUT2D eigenvalue weighted by molar-refractivity contribution is 6.30. The van der Waals surface area contributed by atoms with Gasteiger partial charge in [0, 0.05) is 49.7 Å². The van der Waals surface area contributed by atoms with E-state index < -0.39 is 12.2 Å². The highest BCUT2D eigenvalue weighted by Gasteiger charge is 2.35. The third-order valence-corrected chi connectivity index (χ3v) is 7.16. The molecule has 4 rings (SSSR count). The van der Waals surface area contributed by atoms with Gasteiger partial charge in [0.05, 0.1) is 12.4 Å². The highest BCUT2D eigenvalue weighted by atomic mass is 35.5. The lowest BCUT2D eigenvalue weighted by molar-refractivity contribution is -0.118. The lowest BCUT2D eigenvalue weighted by Gasteiger charge is -2.36. The van der Waals surface area contributed by atoms with Crippen molar-refractivity contribution in [2.24, 2.45) is 5.92 Å². The van der Waals surface area contributed by atoms with Gasteiger partial charge < -0.3 is 19.6 Å². The van der Waals surface area contributed by atoms with Crippen LogP contribution in [0.5, 0.6) is 0 Å². The topological polar surface area (TPSA) is 53.0 Å². The van der Waals surface area contributed by atoms with E-state index in [0.717, 1.165) is 75.1 Å². The third kappa shape index (κ3) is 5.58. The Morgan fingerprint density at radius 1 is 1.16 bits per heavy atom. The number of aliphatic hydroxyl groups excluding tert-OH is 1. The number of piperazine rings is 1. The third-order valence-electron chi connectivity index (χ3n) is 6.91. The zero-order valence-corrected chi connectivity index (χ0v) is 19.1. The molecule has 2 fully saturated rings. The number of carbonyl (C=O) groups is 1. The summed E-state index contributed by atoms with van der Waals surface area (Å²) in [4.78, 5) is 17.4. The minimum absolute atomic E-state index is 0.0384. The van der Waals surface area contributed by atoms with Gasteiger partial charge in [-0.3, -0.25) is 4.79 Å². The van der Waals surface area contributed by atoms with Crippen LogP contribution in [0.25, 0.3) is 0 Å². The standard InChI is InChI=1S/C25H33ClN2O3/c1-27-11-13-28(14-12-27)17-19-4-2-3-5-21(24(19)30)22(25-23(29)10-15-31-25)16-18-6-8-20(26)9-7-18/h6-10,15,19,24-25,30H,2-5,11-14,16-17H2,1H3. The number of halogens is 1. The van der Waals surface area contributed by atoms with Gasteiger partial charge in [0.25, 0.3) is 0 Å². The minimum atomic E-state index is -0.622. The van der Waals surface area contributed by atoms with Gasteiger partial charge in [-0.2, -0.15) is 0 Å². The van der Waals surface area contributed by atoms with Crippen molar-refractivity contribution in [1.82, 2.24) is 9.80 Å². The van der Waals surface area contributed by atoms with Crippen LogP contribution in [0.3, 0.4) is 0 Å². The quantitative estimate of drug-likeness (QED) is 0.556. The fourth-order valence-electron chi connectivity index (χ4n) is 5.01. The van der Waals surface area contributed by atoms with Crippen LogP contribution in [0, 0.1) is 5.92 Å². The highest BCUT2D eigenvalue weighted by Crippen LogP contribution is 2.34. The fourth-order valence-corrected chi connectivity index (χ4v) is 5.13. The second-order valence-corrected chi connectivity index (χ2v) is 9.57. The van der Waals surface area contributed by atoms with Gasteiger partial charge >= 0.3 is 0 Å². The lowest BCUT2D eigenvalue weighted by Crippen LogP contribution is -2.47. The molecule has 0 radical (unpaired) electrons. The van der Waals surface area contributed by atoms with Crippen LogP contribution in [0.2, 0.25) is 5.02 Å². The molecular formula is C25H33ClN2O3. The number of ketones is 1. The van der Waals surface area contributed by atoms with Crippen molar-refractivity contribution in [3.8, 4) is 0 Å². The van der Waals surface area contributed by atoms with Crippen molar-refractivity contribution in [1.29, 1.82) is 0 Å². The number of rotatable bonds is 5. The van der Waals surface area contributed by atoms with Crippen LogP contribution in [0.15, 0.2) is 47.7 Å². The van der Waals surface area contributed by atoms with E-state index in [1.165, 1.54) is 12.3 Å². The molecule has 0 bridgehead atoms. The number of ether oxygens (including phenoxy) is 1. The summed E-state index contributed by atoms with van der Waals surface area (Å²) < 4.78 is 5.72. The number of carbonyl (C=O) groups excluding carboxylic acids is 1. The molecule has 0 aromatic heterocycles. The molecule has 3 aliphatic rings. The summed E-state index contributed by atoms with van der Waals surface area (Å²) in [7, 11) is 2.16. The Bertz CT molecular complexity index is 828. The van der Waals surface area contributed by atoms with Crippen LogP contribution in [-0.2, 0) is 16.0 Å². The maximum Gasteiger partial charge on any atom is 0.203 e. The summed E-state index contributed by atoms with van der Waals surface area (Å²) in [5.74, 6) is 0.147. The number of nitrogens with zero attached hydrogens (tertiary/aromatic N) is 2. The molecule has 2 heterocycles. The summed E-state index contributed by atoms with van der Waals surface area (Å²) in [5.41, 5.74) is 3.01. The Balaban J connectivity index is 1.60. The molecule has 6 heteroatoms. The van der Waals surface area contributed by atoms with Gasteiger partial charge in [-0.1, -0.05) is 30.2 Å². The zero-order chi connectivity index (χ0) is 21.8. The SMILES string of the molecule is CN1CCN(CC2CCCCC(=C(Cc3ccc(Cl)cc3)C3OC=CC3=O)C2O)CC1. The molecule has 2 aliphatic heterocycles. The Morgan fingerprint density at radius 2 is 1.90 bits per heavy atom. The van der Waals surface area contributed by atoms with Gasteiger partial charge in [0.15, 0.2) is 6.10 Å². The van der Waals surface area contributed by atoms with Gasteiger partial charge in [0.2, 0.25) is 5.78 Å². The Hall–Kier alpha value is -1.66. The first-order chi connectivity index (χ1) is 15.0. The van der Waals surface area contributed by atoms with Crippen LogP contribution in [-0.4, -0.2) is 72.7 Å². The average molecular weight is 445 g/mol. The average Bonchev–Trinajstić information content (AvgIpc) is 3.11. The van der Waals surface area contributed by atoms with Gasteiger partial charge in [0.1, 0.15) is 0 Å². The molecule has 1 aromatic rings. The first-order valence-corrected chi connectivity index (χ1v) is 11.8. The van der Waals surface area contributed by atoms with Gasteiger partial charge in [-0.15, -0.1) is 0 Å². The Labute approximate surface area is 190 Å². The molecule has 0 spiro atoms. The molecule has 3 unspecified atom stereocenters. The molecular weight excluding hydrogens is 412 g/mol. The summed E-state index contributed by atoms with van der Waals surface area (Å²) in [6, 6.07) is 7.71. The van der Waals surface area contributed by atoms with Crippen molar-refractivity contribution < 1.29 is 14.6 Å². The molecule has 1 aromatic carbocycles. The van der Waals surface area contributed by atoms with Crippen LogP contribution < -0.4 is 0 Å². The lowest BCUT2D eigenvalue weighted by atomic mass is 9.85. The molecule has 1 aliphatic carbocycles. The molecule has 0 amide bonds. The van der Waals surface area contributed by atoms with Crippen molar-refractivity contribution in [2.75, 3.05) is 39.8 Å². The summed E-state index contributed by atoms with van der Waals surface area (Å²) in [6.07, 6.45) is 6.37. The van der Waals surface area contributed by atoms with Crippen molar-refractivity contribution in [2.45, 2.75) is 44.3 Å². The second-order valence-electron chi connectivity index (χ2n) is 9.13. The molecule has 1 N–H and O–H groups in total. The Morgan fingerprint density at radius 3 is 2.58 bits per heavy atom. The maximum atomic E-state index is 12.6. The van der Waals surface area contributed by atoms with E-state index in [1.807, 2.05) is 24.3 Å². The largest absolute Gasteiger partial charge is 0.485 e. The second kappa shape index (κ2) is 10.3. The van der Waals surface area contributed by atoms with Gasteiger partial charge in [-0.05, 0) is 61.6 Å². The summed E-state index contributed by atoms with van der Waals surface area (Å²) in [6.45, 7) is 5.15. The Kier molecular flexibility index (Phi) is 7.49. The molecule has 168 valence electrons. The summed E-state index contributed by atoms with van der Waals surface area (Å²) >= 11 is 6.06. The monoisotopic (exact) mass is 444 g/mol. The van der Waals surface area contributed by atoms with E-state index >= 15 is 0 Å². The maximum absolute atomic E-state index is 12.6. The van der Waals surface area contributed by atoms with Crippen LogP contribution in [0.4, 0.5) is 0 Å². The number of hydrogen-bond donors (Lipinski definition) is 1. The van der Waals surface area contributed by atoms with E-state index in [1.54, 1.807) is 0 Å². The molecule has 3 atom stereocenters. The molecule has 1 saturated heterocycles. The number of likely N-dealkylation sites (N-methyl/N-ethyl adjacent to an activating group) is 1. The van der Waals surface area contributed by atoms with Crippen molar-refractivity contribution in [3.63, 3.8) is 0 Å². The minimum Gasteiger partial charge on any atom is -0.485 e. The number of benzene rings is 1. The first kappa shape index (κ1) is 22.5. The summed E-state index contributed by atoms with van der Waals surface area (Å²) in [5, 5.41) is 12.2. The van der Waals surface area contributed by atoms with Crippen molar-refractivity contribution >= 4 is 17.4 Å². The van der Waals surface area contributed by atoms with Crippen LogP contribution in [0.1, 0.15) is 31.2 Å². The number of aliphatic hydroxyl groups is 1. The van der Waals surface area contributed by atoms with E-state index in [9.17, 15) is 9.90 Å². The first-order valence-electron chi connectivity index (χ1n) is 11.4. The molecule has 5 nitrogen and oxygen atoms in total. The van der Waals surface area contributed by atoms with E-state index in [-0.39, 0.29) is 11.7 Å². The van der Waals surface area contributed by atoms with E-state index in [0.29, 0.717) is 11.4 Å². The molecule has 31 heavy (non-hydrogen) atoms. The molecule has 1 saturated carbocycles. The van der Waals surface area contributed by atoms with Crippen LogP contribution >= 0.6 is 11.6 Å². The fraction of sp³-hybridized carbons (Fsp3) is 0.560. The predicted molar refractivity (Wildman–Crippen MR) is 123 cm³/mol. The predicted octanol–water partition coefficient (Wildman–Crippen LogP) is 3.46. The van der Waals surface area contributed by atoms with E-state index in [2.05, 4.69) is 16.8 Å². The zero-order valence-electron chi connectivity index (χ0n) is 18.3. The van der Waals surface area contributed by atoms with Crippen molar-refractivity contribution in [3.05, 3.63) is 58.3 Å².